The number of nitrogens with zero attached hydrogens (tertiary/aromatic N) is 5. The van der Waals surface area contributed by atoms with Crippen LogP contribution in [-0.2, 0) is 29.7 Å². The number of benzene rings is 1. The molecule has 252 valence electrons. The Morgan fingerprint density at radius 2 is 1.85 bits per heavy atom. The first-order valence-corrected chi connectivity index (χ1v) is 15.6. The van der Waals surface area contributed by atoms with E-state index in [-0.39, 0.29) is 53.6 Å². The second-order valence-corrected chi connectivity index (χ2v) is 12.7. The quantitative estimate of drug-likeness (QED) is 0.248. The van der Waals surface area contributed by atoms with Crippen molar-refractivity contribution < 1.29 is 23.9 Å². The number of hydrogen-bond acceptors (Lipinski definition) is 9. The zero-order valence-corrected chi connectivity index (χ0v) is 28.0. The van der Waals surface area contributed by atoms with Crippen molar-refractivity contribution in [2.45, 2.75) is 85.2 Å². The average Bonchev–Trinajstić information content (AvgIpc) is 3.38. The van der Waals surface area contributed by atoms with Crippen molar-refractivity contribution in [1.29, 1.82) is 0 Å². The highest BCUT2D eigenvalue weighted by atomic mass is 16.6. The first-order valence-electron chi connectivity index (χ1n) is 15.6. The van der Waals surface area contributed by atoms with E-state index >= 15 is 0 Å². The smallest absolute Gasteiger partial charge is 0.407 e. The van der Waals surface area contributed by atoms with E-state index < -0.39 is 35.3 Å². The Hall–Kier alpha value is -5.06. The van der Waals surface area contributed by atoms with Gasteiger partial charge >= 0.3 is 11.8 Å². The summed E-state index contributed by atoms with van der Waals surface area (Å²) in [5.74, 6) is 5.52. The first-order chi connectivity index (χ1) is 22.2. The number of aromatic nitrogens is 4. The van der Waals surface area contributed by atoms with Gasteiger partial charge in [0.2, 0.25) is 5.95 Å². The van der Waals surface area contributed by atoms with E-state index in [4.69, 9.17) is 14.5 Å². The normalized spacial score (nSPS) is 14.8. The SMILES string of the molecule is CC#CCn1c(N2CCCC(NC(=O)OC(C)(C)C)C2)nc2c1c(=O)n(CC(=O)c1ccccc1OCC(=O)NC(C)C)c(=O)n2C. The molecule has 1 atom stereocenters. The summed E-state index contributed by atoms with van der Waals surface area (Å²) in [6, 6.07) is 6.04. The number of para-hydroxylation sites is 1. The Labute approximate surface area is 273 Å². The molecule has 1 aliphatic heterocycles. The average molecular weight is 650 g/mol. The molecule has 3 heterocycles. The molecule has 1 aliphatic rings. The van der Waals surface area contributed by atoms with Crippen molar-refractivity contribution in [1.82, 2.24) is 29.3 Å². The monoisotopic (exact) mass is 649 g/mol. The van der Waals surface area contributed by atoms with Crippen LogP contribution in [0.3, 0.4) is 0 Å². The molecule has 1 saturated heterocycles. The third kappa shape index (κ3) is 8.41. The fraction of sp³-hybridized carbons (Fsp3) is 0.515. The summed E-state index contributed by atoms with van der Waals surface area (Å²) < 4.78 is 14.8. The number of anilines is 1. The Kier molecular flexibility index (Phi) is 10.8. The number of carbonyl (C=O) groups is 3. The number of hydrogen-bond donors (Lipinski definition) is 2. The van der Waals surface area contributed by atoms with Crippen LogP contribution in [0.1, 0.15) is 64.7 Å². The van der Waals surface area contributed by atoms with Crippen molar-refractivity contribution >= 4 is 34.9 Å². The van der Waals surface area contributed by atoms with Crippen molar-refractivity contribution in [2.75, 3.05) is 24.6 Å². The number of alkyl carbamates (subject to hydrolysis) is 1. The van der Waals surface area contributed by atoms with E-state index in [1.165, 1.54) is 17.7 Å². The molecule has 0 saturated carbocycles. The van der Waals surface area contributed by atoms with Crippen molar-refractivity contribution in [3.05, 3.63) is 50.7 Å². The third-order valence-corrected chi connectivity index (χ3v) is 7.35. The number of piperidine rings is 1. The maximum Gasteiger partial charge on any atom is 0.407 e. The van der Waals surface area contributed by atoms with E-state index in [1.54, 1.807) is 50.5 Å². The lowest BCUT2D eigenvalue weighted by molar-refractivity contribution is -0.123. The van der Waals surface area contributed by atoms with Crippen LogP contribution in [0.4, 0.5) is 10.7 Å². The topological polar surface area (TPSA) is 159 Å². The number of aryl methyl sites for hydroxylation is 1. The lowest BCUT2D eigenvalue weighted by Crippen LogP contribution is -2.49. The van der Waals surface area contributed by atoms with Gasteiger partial charge in [-0.25, -0.2) is 9.59 Å². The highest BCUT2D eigenvalue weighted by molar-refractivity contribution is 5.98. The van der Waals surface area contributed by atoms with E-state index in [9.17, 15) is 24.0 Å². The Morgan fingerprint density at radius 3 is 2.53 bits per heavy atom. The van der Waals surface area contributed by atoms with Crippen LogP contribution >= 0.6 is 0 Å². The molecule has 0 aliphatic carbocycles. The van der Waals surface area contributed by atoms with Gasteiger partial charge in [0.15, 0.2) is 23.6 Å². The van der Waals surface area contributed by atoms with Gasteiger partial charge in [0, 0.05) is 32.2 Å². The Morgan fingerprint density at radius 1 is 1.13 bits per heavy atom. The van der Waals surface area contributed by atoms with Crippen molar-refractivity contribution in [2.24, 2.45) is 7.05 Å². The number of ketones is 1. The molecule has 2 aromatic heterocycles. The van der Waals surface area contributed by atoms with Gasteiger partial charge in [-0.15, -0.1) is 5.92 Å². The van der Waals surface area contributed by atoms with E-state index in [0.717, 1.165) is 17.4 Å². The highest BCUT2D eigenvalue weighted by Gasteiger charge is 2.29. The Balaban J connectivity index is 1.68. The maximum absolute atomic E-state index is 14.0. The summed E-state index contributed by atoms with van der Waals surface area (Å²) in [6.45, 7) is 10.9. The largest absolute Gasteiger partial charge is 0.483 e. The number of carbonyl (C=O) groups excluding carboxylic acids is 3. The van der Waals surface area contributed by atoms with Gasteiger partial charge in [0.05, 0.1) is 18.7 Å². The molecule has 47 heavy (non-hydrogen) atoms. The predicted molar refractivity (Wildman–Crippen MR) is 177 cm³/mol. The van der Waals surface area contributed by atoms with Gasteiger partial charge in [-0.05, 0) is 66.5 Å². The van der Waals surface area contributed by atoms with Gasteiger partial charge in [-0.2, -0.15) is 4.98 Å². The fourth-order valence-corrected chi connectivity index (χ4v) is 5.36. The molecule has 2 amide bonds. The lowest BCUT2D eigenvalue weighted by Gasteiger charge is -2.34. The second-order valence-electron chi connectivity index (χ2n) is 12.7. The maximum atomic E-state index is 14.0. The molecule has 1 unspecified atom stereocenters. The second kappa shape index (κ2) is 14.6. The number of nitrogens with one attached hydrogen (secondary N) is 2. The van der Waals surface area contributed by atoms with Gasteiger partial charge in [-0.3, -0.25) is 28.1 Å². The molecule has 1 fully saturated rings. The third-order valence-electron chi connectivity index (χ3n) is 7.35. The van der Waals surface area contributed by atoms with E-state index in [1.807, 2.05) is 18.7 Å². The molecule has 0 bridgehead atoms. The van der Waals surface area contributed by atoms with Crippen LogP contribution < -0.4 is 31.5 Å². The van der Waals surface area contributed by atoms with Crippen molar-refractivity contribution in [3.8, 4) is 17.6 Å². The van der Waals surface area contributed by atoms with Crippen LogP contribution in [0.25, 0.3) is 11.2 Å². The van der Waals surface area contributed by atoms with Crippen LogP contribution in [0.15, 0.2) is 33.9 Å². The number of Topliss-reactive ketones (excluding diaryl/α,β-unsaturated/α-hetero) is 1. The van der Waals surface area contributed by atoms with Crippen LogP contribution in [0.2, 0.25) is 0 Å². The number of ether oxygens (including phenoxy) is 2. The molecule has 14 nitrogen and oxygen atoms in total. The fourth-order valence-electron chi connectivity index (χ4n) is 5.36. The summed E-state index contributed by atoms with van der Waals surface area (Å²) >= 11 is 0. The first kappa shape index (κ1) is 34.8. The molecule has 4 rings (SSSR count). The molecular formula is C33H43N7O7. The molecule has 2 N–H and O–H groups in total. The van der Waals surface area contributed by atoms with Crippen molar-refractivity contribution in [3.63, 3.8) is 0 Å². The minimum atomic E-state index is -0.716. The van der Waals surface area contributed by atoms with Crippen LogP contribution in [-0.4, -0.2) is 73.9 Å². The van der Waals surface area contributed by atoms with Gasteiger partial charge in [-0.1, -0.05) is 18.1 Å². The molecular weight excluding hydrogens is 606 g/mol. The molecule has 0 spiro atoms. The van der Waals surface area contributed by atoms with Crippen LogP contribution in [0.5, 0.6) is 5.75 Å². The standard InChI is InChI=1S/C33H43N7O7/c1-8-9-17-39-27-28(36-30(39)38-16-12-13-22(18-38)35-31(44)47-33(4,5)6)37(7)32(45)40(29(27)43)19-24(41)23-14-10-11-15-25(23)46-20-26(42)34-21(2)3/h10-11,14-15,21-22H,12-13,16-20H2,1-7H3,(H,34,42)(H,35,44). The van der Waals surface area contributed by atoms with Gasteiger partial charge < -0.3 is 25.0 Å². The minimum absolute atomic E-state index is 0.0801. The molecule has 0 radical (unpaired) electrons. The molecule has 3 aromatic rings. The summed E-state index contributed by atoms with van der Waals surface area (Å²) in [4.78, 5) is 72.3. The molecule has 1 aromatic carbocycles. The summed E-state index contributed by atoms with van der Waals surface area (Å²) in [7, 11) is 1.49. The van der Waals surface area contributed by atoms with E-state index in [2.05, 4.69) is 22.5 Å². The summed E-state index contributed by atoms with van der Waals surface area (Å²) in [5.41, 5.74) is -1.65. The van der Waals surface area contributed by atoms with Gasteiger partial charge in [0.1, 0.15) is 11.4 Å². The Bertz CT molecular complexity index is 1840. The zero-order chi connectivity index (χ0) is 34.5. The number of fused-ring (bicyclic) bond motifs is 1. The summed E-state index contributed by atoms with van der Waals surface area (Å²) in [6.07, 6.45) is 0.947. The van der Waals surface area contributed by atoms with E-state index in [0.29, 0.717) is 19.0 Å². The van der Waals surface area contributed by atoms with Crippen LogP contribution in [0, 0.1) is 11.8 Å². The molecule has 14 heteroatoms. The minimum Gasteiger partial charge on any atom is -0.483 e. The summed E-state index contributed by atoms with van der Waals surface area (Å²) in [5, 5.41) is 5.64. The number of rotatable bonds is 10. The lowest BCUT2D eigenvalue weighted by atomic mass is 10.1. The number of amides is 2. The highest BCUT2D eigenvalue weighted by Crippen LogP contribution is 2.24. The number of imidazole rings is 1. The van der Waals surface area contributed by atoms with Gasteiger partial charge in [0.25, 0.3) is 11.5 Å². The predicted octanol–water partition coefficient (Wildman–Crippen LogP) is 2.20. The zero-order valence-electron chi connectivity index (χ0n) is 28.0.